The SMILES string of the molecule is C=C(C)CN(C)c1ccc([N+](=O)[O-])c(C(=O)OC)c1. The van der Waals surface area contributed by atoms with Gasteiger partial charge in [0.25, 0.3) is 5.69 Å². The van der Waals surface area contributed by atoms with Crippen molar-refractivity contribution in [3.63, 3.8) is 0 Å². The molecule has 0 saturated heterocycles. The van der Waals surface area contributed by atoms with Gasteiger partial charge in [0, 0.05) is 25.3 Å². The van der Waals surface area contributed by atoms with E-state index in [2.05, 4.69) is 11.3 Å². The van der Waals surface area contributed by atoms with Gasteiger partial charge in [-0.05, 0) is 19.1 Å². The molecule has 19 heavy (non-hydrogen) atoms. The number of benzene rings is 1. The summed E-state index contributed by atoms with van der Waals surface area (Å²) in [6, 6.07) is 4.34. The Labute approximate surface area is 111 Å². The minimum Gasteiger partial charge on any atom is -0.465 e. The van der Waals surface area contributed by atoms with Gasteiger partial charge >= 0.3 is 5.97 Å². The summed E-state index contributed by atoms with van der Waals surface area (Å²) < 4.78 is 4.56. The van der Waals surface area contributed by atoms with E-state index in [1.165, 1.54) is 19.2 Å². The van der Waals surface area contributed by atoms with E-state index in [1.807, 2.05) is 18.9 Å². The van der Waals surface area contributed by atoms with E-state index in [0.717, 1.165) is 5.57 Å². The lowest BCUT2D eigenvalue weighted by Crippen LogP contribution is -2.19. The Morgan fingerprint density at radius 3 is 2.63 bits per heavy atom. The second kappa shape index (κ2) is 5.99. The summed E-state index contributed by atoms with van der Waals surface area (Å²) in [5, 5.41) is 10.9. The summed E-state index contributed by atoms with van der Waals surface area (Å²) in [6.07, 6.45) is 0. The first-order chi connectivity index (χ1) is 8.86. The molecule has 6 heteroatoms. The normalized spacial score (nSPS) is 9.84. The molecule has 102 valence electrons. The Kier molecular flexibility index (Phi) is 4.63. The lowest BCUT2D eigenvalue weighted by molar-refractivity contribution is -0.385. The molecule has 0 fully saturated rings. The molecule has 0 bridgehead atoms. The van der Waals surface area contributed by atoms with Crippen molar-refractivity contribution >= 4 is 17.3 Å². The van der Waals surface area contributed by atoms with Crippen LogP contribution in [0.2, 0.25) is 0 Å². The van der Waals surface area contributed by atoms with Crippen molar-refractivity contribution in [1.29, 1.82) is 0 Å². The number of hydrogen-bond donors (Lipinski definition) is 0. The van der Waals surface area contributed by atoms with Crippen molar-refractivity contribution in [2.75, 3.05) is 25.6 Å². The molecule has 0 aliphatic heterocycles. The highest BCUT2D eigenvalue weighted by molar-refractivity contribution is 5.95. The van der Waals surface area contributed by atoms with Crippen molar-refractivity contribution in [2.24, 2.45) is 0 Å². The Balaban J connectivity index is 3.21. The third-order valence-electron chi connectivity index (χ3n) is 2.53. The lowest BCUT2D eigenvalue weighted by atomic mass is 10.1. The van der Waals surface area contributed by atoms with Gasteiger partial charge in [0.05, 0.1) is 12.0 Å². The second-order valence-corrected chi connectivity index (χ2v) is 4.26. The molecule has 0 unspecified atom stereocenters. The number of hydrogen-bond acceptors (Lipinski definition) is 5. The Morgan fingerprint density at radius 2 is 2.16 bits per heavy atom. The third kappa shape index (κ3) is 3.54. The van der Waals surface area contributed by atoms with Crippen LogP contribution < -0.4 is 4.90 Å². The van der Waals surface area contributed by atoms with Crippen molar-refractivity contribution in [3.05, 3.63) is 46.0 Å². The van der Waals surface area contributed by atoms with E-state index < -0.39 is 10.9 Å². The average Bonchev–Trinajstić information content (AvgIpc) is 2.36. The molecule has 1 aromatic rings. The van der Waals surface area contributed by atoms with Gasteiger partial charge in [-0.25, -0.2) is 4.79 Å². The van der Waals surface area contributed by atoms with Crippen molar-refractivity contribution in [3.8, 4) is 0 Å². The standard InChI is InChI=1S/C13H16N2O4/c1-9(2)8-14(3)10-5-6-12(15(17)18)11(7-10)13(16)19-4/h5-7H,1,8H2,2-4H3. The van der Waals surface area contributed by atoms with Crippen LogP contribution in [0.15, 0.2) is 30.4 Å². The number of nitro groups is 1. The zero-order chi connectivity index (χ0) is 14.6. The number of methoxy groups -OCH3 is 1. The number of ether oxygens (including phenoxy) is 1. The van der Waals surface area contributed by atoms with Crippen molar-refractivity contribution in [1.82, 2.24) is 0 Å². The summed E-state index contributed by atoms with van der Waals surface area (Å²) in [5.74, 6) is -0.725. The largest absolute Gasteiger partial charge is 0.465 e. The molecule has 0 aliphatic rings. The molecule has 0 heterocycles. The molecular formula is C13H16N2O4. The lowest BCUT2D eigenvalue weighted by Gasteiger charge is -2.19. The number of esters is 1. The highest BCUT2D eigenvalue weighted by Gasteiger charge is 2.21. The molecular weight excluding hydrogens is 248 g/mol. The fraction of sp³-hybridized carbons (Fsp3) is 0.308. The summed E-state index contributed by atoms with van der Waals surface area (Å²) in [6.45, 7) is 6.27. The van der Waals surface area contributed by atoms with E-state index in [4.69, 9.17) is 0 Å². The van der Waals surface area contributed by atoms with Crippen molar-refractivity contribution < 1.29 is 14.5 Å². The maximum absolute atomic E-state index is 11.6. The van der Waals surface area contributed by atoms with Gasteiger partial charge < -0.3 is 9.64 Å². The molecule has 0 aliphatic carbocycles. The van der Waals surface area contributed by atoms with Gasteiger partial charge in [-0.2, -0.15) is 0 Å². The zero-order valence-corrected chi connectivity index (χ0v) is 11.2. The number of carbonyl (C=O) groups is 1. The number of nitro benzene ring substituents is 1. The second-order valence-electron chi connectivity index (χ2n) is 4.26. The van der Waals surface area contributed by atoms with Crippen LogP contribution >= 0.6 is 0 Å². The summed E-state index contributed by atoms with van der Waals surface area (Å²) in [4.78, 5) is 23.7. The zero-order valence-electron chi connectivity index (χ0n) is 11.2. The van der Waals surface area contributed by atoms with Crippen LogP contribution in [0.3, 0.4) is 0 Å². The van der Waals surface area contributed by atoms with Gasteiger partial charge in [0.15, 0.2) is 0 Å². The first-order valence-electron chi connectivity index (χ1n) is 5.59. The first-order valence-corrected chi connectivity index (χ1v) is 5.59. The quantitative estimate of drug-likeness (QED) is 0.353. The van der Waals surface area contributed by atoms with E-state index in [0.29, 0.717) is 12.2 Å². The molecule has 0 spiro atoms. The maximum atomic E-state index is 11.6. The molecule has 0 radical (unpaired) electrons. The van der Waals surface area contributed by atoms with Crippen LogP contribution in [-0.2, 0) is 4.74 Å². The third-order valence-corrected chi connectivity index (χ3v) is 2.53. The minimum absolute atomic E-state index is 0.0569. The molecule has 0 saturated carbocycles. The van der Waals surface area contributed by atoms with Gasteiger partial charge in [-0.15, -0.1) is 0 Å². The molecule has 0 aromatic heterocycles. The summed E-state index contributed by atoms with van der Waals surface area (Å²) in [7, 11) is 3.01. The number of likely N-dealkylation sites (N-methyl/N-ethyl adjacent to an activating group) is 1. The first kappa shape index (κ1) is 14.7. The molecule has 6 nitrogen and oxygen atoms in total. The Morgan fingerprint density at radius 1 is 1.53 bits per heavy atom. The van der Waals surface area contributed by atoms with E-state index in [9.17, 15) is 14.9 Å². The van der Waals surface area contributed by atoms with Gasteiger partial charge in [-0.1, -0.05) is 12.2 Å². The van der Waals surface area contributed by atoms with E-state index >= 15 is 0 Å². The molecule has 0 amide bonds. The van der Waals surface area contributed by atoms with Crippen LogP contribution in [0.4, 0.5) is 11.4 Å². The summed E-state index contributed by atoms with van der Waals surface area (Å²) >= 11 is 0. The summed E-state index contributed by atoms with van der Waals surface area (Å²) in [5.41, 5.74) is 1.31. The topological polar surface area (TPSA) is 72.7 Å². The maximum Gasteiger partial charge on any atom is 0.344 e. The Bertz CT molecular complexity index is 525. The van der Waals surface area contributed by atoms with Crippen molar-refractivity contribution in [2.45, 2.75) is 6.92 Å². The highest BCUT2D eigenvalue weighted by Crippen LogP contribution is 2.25. The van der Waals surface area contributed by atoms with Crippen LogP contribution in [0.5, 0.6) is 0 Å². The van der Waals surface area contributed by atoms with Gasteiger partial charge in [-0.3, -0.25) is 10.1 Å². The van der Waals surface area contributed by atoms with Crippen LogP contribution in [0, 0.1) is 10.1 Å². The van der Waals surface area contributed by atoms with Crippen LogP contribution in [0.25, 0.3) is 0 Å². The molecule has 0 atom stereocenters. The smallest absolute Gasteiger partial charge is 0.344 e. The minimum atomic E-state index is -0.725. The van der Waals surface area contributed by atoms with Gasteiger partial charge in [0.2, 0.25) is 0 Å². The van der Waals surface area contributed by atoms with Crippen LogP contribution in [-0.4, -0.2) is 31.6 Å². The number of carbonyl (C=O) groups excluding carboxylic acids is 1. The molecule has 0 N–H and O–H groups in total. The number of nitrogens with zero attached hydrogens (tertiary/aromatic N) is 2. The van der Waals surface area contributed by atoms with E-state index in [-0.39, 0.29) is 11.3 Å². The fourth-order valence-electron chi connectivity index (χ4n) is 1.69. The monoisotopic (exact) mass is 264 g/mol. The predicted molar refractivity (Wildman–Crippen MR) is 72.5 cm³/mol. The average molecular weight is 264 g/mol. The molecule has 1 rings (SSSR count). The van der Waals surface area contributed by atoms with Gasteiger partial charge in [0.1, 0.15) is 5.56 Å². The van der Waals surface area contributed by atoms with Crippen LogP contribution in [0.1, 0.15) is 17.3 Å². The fourth-order valence-corrected chi connectivity index (χ4v) is 1.69. The number of anilines is 1. The molecule has 1 aromatic carbocycles. The Hall–Kier alpha value is -2.37. The number of rotatable bonds is 5. The highest BCUT2D eigenvalue weighted by atomic mass is 16.6. The predicted octanol–water partition coefficient (Wildman–Crippen LogP) is 2.39. The van der Waals surface area contributed by atoms with E-state index in [1.54, 1.807) is 6.07 Å².